The SMILES string of the molecule is COc1ccc2c(C)c(CC(=O)N3CCN(C(c4ccc(F)cc4)c4ccc(F)cc4)CC3)c(=O)oc2c1. The molecule has 0 saturated carbocycles. The van der Waals surface area contributed by atoms with Crippen LogP contribution < -0.4 is 10.4 Å². The third-order valence-electron chi connectivity index (χ3n) is 7.23. The molecule has 0 aliphatic carbocycles. The summed E-state index contributed by atoms with van der Waals surface area (Å²) in [4.78, 5) is 29.9. The molecule has 3 aromatic carbocycles. The van der Waals surface area contributed by atoms with Crippen molar-refractivity contribution >= 4 is 16.9 Å². The average molecular weight is 519 g/mol. The zero-order chi connectivity index (χ0) is 26.8. The van der Waals surface area contributed by atoms with E-state index in [2.05, 4.69) is 4.90 Å². The largest absolute Gasteiger partial charge is 0.497 e. The molecule has 0 bridgehead atoms. The molecule has 0 spiro atoms. The van der Waals surface area contributed by atoms with Gasteiger partial charge in [-0.15, -0.1) is 0 Å². The number of nitrogens with zero attached hydrogens (tertiary/aromatic N) is 2. The molecule has 1 aliphatic rings. The van der Waals surface area contributed by atoms with Crippen LogP contribution in [0.25, 0.3) is 11.0 Å². The molecule has 0 unspecified atom stereocenters. The maximum atomic E-state index is 13.6. The molecule has 1 aromatic heterocycles. The normalized spacial score (nSPS) is 14.3. The molecule has 1 amide bonds. The van der Waals surface area contributed by atoms with Crippen molar-refractivity contribution < 1.29 is 22.7 Å². The molecule has 2 heterocycles. The standard InChI is InChI=1S/C30H28F2N2O4/c1-19-25-12-11-24(37-2)17-27(25)38-30(36)26(19)18-28(35)33-13-15-34(16-14-33)29(20-3-7-22(31)8-4-20)21-5-9-23(32)10-6-21/h3-12,17,29H,13-16,18H2,1-2H3. The van der Waals surface area contributed by atoms with E-state index in [9.17, 15) is 18.4 Å². The highest BCUT2D eigenvalue weighted by Gasteiger charge is 2.29. The van der Waals surface area contributed by atoms with Gasteiger partial charge in [0.2, 0.25) is 5.91 Å². The molecular formula is C30H28F2N2O4. The molecule has 0 radical (unpaired) electrons. The molecule has 8 heteroatoms. The highest BCUT2D eigenvalue weighted by atomic mass is 19.1. The number of rotatable bonds is 6. The fourth-order valence-corrected chi connectivity index (χ4v) is 5.10. The van der Waals surface area contributed by atoms with Crippen LogP contribution >= 0.6 is 0 Å². The first kappa shape index (κ1) is 25.6. The Morgan fingerprint density at radius 1 is 0.921 bits per heavy atom. The van der Waals surface area contributed by atoms with E-state index in [1.54, 1.807) is 48.4 Å². The van der Waals surface area contributed by atoms with Crippen molar-refractivity contribution in [1.29, 1.82) is 0 Å². The third kappa shape index (κ3) is 5.17. The van der Waals surface area contributed by atoms with Crippen molar-refractivity contribution in [3.05, 3.63) is 111 Å². The fourth-order valence-electron chi connectivity index (χ4n) is 5.10. The lowest BCUT2D eigenvalue weighted by Gasteiger charge is -2.40. The Hall–Kier alpha value is -4.04. The van der Waals surface area contributed by atoms with Crippen molar-refractivity contribution in [2.75, 3.05) is 33.3 Å². The van der Waals surface area contributed by atoms with E-state index in [4.69, 9.17) is 9.15 Å². The van der Waals surface area contributed by atoms with Gasteiger partial charge < -0.3 is 14.1 Å². The first-order valence-electron chi connectivity index (χ1n) is 12.5. The van der Waals surface area contributed by atoms with E-state index in [1.165, 1.54) is 24.3 Å². The van der Waals surface area contributed by atoms with Gasteiger partial charge in [0.05, 0.1) is 25.1 Å². The second-order valence-electron chi connectivity index (χ2n) is 9.45. The summed E-state index contributed by atoms with van der Waals surface area (Å²) in [6.45, 7) is 3.88. The van der Waals surface area contributed by atoms with Crippen LogP contribution in [0, 0.1) is 18.6 Å². The summed E-state index contributed by atoms with van der Waals surface area (Å²) in [6, 6.07) is 17.7. The number of carbonyl (C=O) groups is 1. The summed E-state index contributed by atoms with van der Waals surface area (Å²) in [6.07, 6.45) is -0.0461. The summed E-state index contributed by atoms with van der Waals surface area (Å²) in [5.74, 6) is -0.210. The van der Waals surface area contributed by atoms with E-state index in [0.717, 1.165) is 22.1 Å². The first-order chi connectivity index (χ1) is 18.3. The highest BCUT2D eigenvalue weighted by Crippen LogP contribution is 2.30. The zero-order valence-electron chi connectivity index (χ0n) is 21.2. The molecule has 38 heavy (non-hydrogen) atoms. The summed E-state index contributed by atoms with van der Waals surface area (Å²) in [7, 11) is 1.54. The summed E-state index contributed by atoms with van der Waals surface area (Å²) in [5, 5.41) is 0.763. The van der Waals surface area contributed by atoms with Gasteiger partial charge in [-0.3, -0.25) is 9.69 Å². The minimum Gasteiger partial charge on any atom is -0.497 e. The Morgan fingerprint density at radius 3 is 2.05 bits per heavy atom. The number of ether oxygens (including phenoxy) is 1. The number of methoxy groups -OCH3 is 1. The van der Waals surface area contributed by atoms with Gasteiger partial charge in [-0.25, -0.2) is 13.6 Å². The van der Waals surface area contributed by atoms with Crippen molar-refractivity contribution in [2.45, 2.75) is 19.4 Å². The van der Waals surface area contributed by atoms with Gasteiger partial charge in [-0.1, -0.05) is 24.3 Å². The molecule has 6 nitrogen and oxygen atoms in total. The number of carbonyl (C=O) groups excluding carboxylic acids is 1. The third-order valence-corrected chi connectivity index (χ3v) is 7.23. The zero-order valence-corrected chi connectivity index (χ0v) is 21.2. The van der Waals surface area contributed by atoms with E-state index in [0.29, 0.717) is 43.1 Å². The molecule has 4 aromatic rings. The number of aryl methyl sites for hydroxylation is 1. The lowest BCUT2D eigenvalue weighted by atomic mass is 9.96. The molecule has 1 fully saturated rings. The minimum atomic E-state index is -0.525. The van der Waals surface area contributed by atoms with E-state index >= 15 is 0 Å². The molecular weight excluding hydrogens is 490 g/mol. The molecule has 1 aliphatic heterocycles. The predicted molar refractivity (Wildman–Crippen MR) is 140 cm³/mol. The number of fused-ring (bicyclic) bond motifs is 1. The van der Waals surface area contributed by atoms with Crippen molar-refractivity contribution in [3.63, 3.8) is 0 Å². The van der Waals surface area contributed by atoms with Gasteiger partial charge in [-0.2, -0.15) is 0 Å². The van der Waals surface area contributed by atoms with Gasteiger partial charge in [0.15, 0.2) is 0 Å². The average Bonchev–Trinajstić information content (AvgIpc) is 2.93. The highest BCUT2D eigenvalue weighted by molar-refractivity contribution is 5.85. The number of hydrogen-bond acceptors (Lipinski definition) is 5. The molecule has 196 valence electrons. The molecule has 0 atom stereocenters. The van der Waals surface area contributed by atoms with E-state index in [1.807, 2.05) is 13.0 Å². The maximum Gasteiger partial charge on any atom is 0.340 e. The quantitative estimate of drug-likeness (QED) is 0.341. The van der Waals surface area contributed by atoms with Crippen LogP contribution in [0.1, 0.15) is 28.3 Å². The van der Waals surface area contributed by atoms with Crippen LogP contribution in [0.3, 0.4) is 0 Å². The Bertz CT molecular complexity index is 1460. The Morgan fingerprint density at radius 2 is 1.50 bits per heavy atom. The first-order valence-corrected chi connectivity index (χ1v) is 12.5. The number of piperazine rings is 1. The second-order valence-corrected chi connectivity index (χ2v) is 9.45. The van der Waals surface area contributed by atoms with Crippen LogP contribution in [0.4, 0.5) is 8.78 Å². The Balaban J connectivity index is 1.32. The number of amides is 1. The van der Waals surface area contributed by atoms with Crippen LogP contribution in [-0.4, -0.2) is 49.0 Å². The van der Waals surface area contributed by atoms with Crippen molar-refractivity contribution in [3.8, 4) is 5.75 Å². The van der Waals surface area contributed by atoms with Gasteiger partial charge >= 0.3 is 5.63 Å². The summed E-state index contributed by atoms with van der Waals surface area (Å²) < 4.78 is 37.9. The van der Waals surface area contributed by atoms with Crippen LogP contribution in [-0.2, 0) is 11.2 Å². The number of hydrogen-bond donors (Lipinski definition) is 0. The summed E-state index contributed by atoms with van der Waals surface area (Å²) in [5.41, 5.74) is 2.74. The minimum absolute atomic E-state index is 0.0461. The summed E-state index contributed by atoms with van der Waals surface area (Å²) >= 11 is 0. The topological polar surface area (TPSA) is 63.0 Å². The van der Waals surface area contributed by atoms with Crippen LogP contribution in [0.2, 0.25) is 0 Å². The lowest BCUT2D eigenvalue weighted by Crippen LogP contribution is -2.50. The van der Waals surface area contributed by atoms with Gasteiger partial charge in [-0.05, 0) is 60.0 Å². The fraction of sp³-hybridized carbons (Fsp3) is 0.267. The van der Waals surface area contributed by atoms with E-state index in [-0.39, 0.29) is 30.0 Å². The predicted octanol–water partition coefficient (Wildman–Crippen LogP) is 4.86. The van der Waals surface area contributed by atoms with Gasteiger partial charge in [0.25, 0.3) is 0 Å². The lowest BCUT2D eigenvalue weighted by molar-refractivity contribution is -0.132. The van der Waals surface area contributed by atoms with Crippen LogP contribution in [0.15, 0.2) is 75.9 Å². The Kier molecular flexibility index (Phi) is 7.24. The van der Waals surface area contributed by atoms with Gasteiger partial charge in [0, 0.05) is 37.6 Å². The smallest absolute Gasteiger partial charge is 0.340 e. The van der Waals surface area contributed by atoms with E-state index < -0.39 is 5.63 Å². The number of benzene rings is 3. The molecule has 5 rings (SSSR count). The molecule has 1 saturated heterocycles. The monoisotopic (exact) mass is 518 g/mol. The van der Waals surface area contributed by atoms with Crippen LogP contribution in [0.5, 0.6) is 5.75 Å². The van der Waals surface area contributed by atoms with Crippen molar-refractivity contribution in [1.82, 2.24) is 9.80 Å². The number of halogens is 2. The second kappa shape index (κ2) is 10.8. The molecule has 0 N–H and O–H groups in total. The maximum absolute atomic E-state index is 13.6. The van der Waals surface area contributed by atoms with Gasteiger partial charge in [0.1, 0.15) is 23.0 Å². The van der Waals surface area contributed by atoms with Crippen molar-refractivity contribution in [2.24, 2.45) is 0 Å². The Labute approximate surface area is 219 Å².